The van der Waals surface area contributed by atoms with Crippen LogP contribution in [0, 0.1) is 12.7 Å². The smallest absolute Gasteiger partial charge is 0.236 e. The van der Waals surface area contributed by atoms with Crippen molar-refractivity contribution in [1.29, 1.82) is 0 Å². The van der Waals surface area contributed by atoms with Crippen molar-refractivity contribution in [1.82, 2.24) is 4.98 Å². The van der Waals surface area contributed by atoms with E-state index in [0.717, 1.165) is 17.5 Å². The maximum Gasteiger partial charge on any atom is 0.236 e. The highest BCUT2D eigenvalue weighted by Gasteiger charge is 2.11. The van der Waals surface area contributed by atoms with E-state index < -0.39 is 0 Å². The van der Waals surface area contributed by atoms with Crippen molar-refractivity contribution in [2.24, 2.45) is 0 Å². The van der Waals surface area contributed by atoms with Crippen LogP contribution < -0.4 is 5.32 Å². The van der Waals surface area contributed by atoms with Gasteiger partial charge in [-0.1, -0.05) is 12.1 Å². The number of carbonyl (C=O) groups excluding carboxylic acids is 1. The normalized spacial score (nSPS) is 10.7. The van der Waals surface area contributed by atoms with Crippen LogP contribution in [-0.4, -0.2) is 16.6 Å². The summed E-state index contributed by atoms with van der Waals surface area (Å²) in [6.45, 7) is 1.86. The average Bonchev–Trinajstić information content (AvgIpc) is 3.15. The molecule has 0 saturated heterocycles. The number of furan rings is 1. The molecule has 0 aliphatic heterocycles. The lowest BCUT2D eigenvalue weighted by molar-refractivity contribution is -0.113. The molecule has 7 heteroatoms. The van der Waals surface area contributed by atoms with Crippen molar-refractivity contribution >= 4 is 34.1 Å². The van der Waals surface area contributed by atoms with Crippen molar-refractivity contribution in [2.75, 3.05) is 11.1 Å². The van der Waals surface area contributed by atoms with Gasteiger partial charge in [0.15, 0.2) is 10.9 Å². The van der Waals surface area contributed by atoms with Gasteiger partial charge in [0.1, 0.15) is 17.3 Å². The predicted molar refractivity (Wildman–Crippen MR) is 90.3 cm³/mol. The Morgan fingerprint density at radius 2 is 2.17 bits per heavy atom. The van der Waals surface area contributed by atoms with Gasteiger partial charge in [0.2, 0.25) is 5.91 Å². The fourth-order valence-corrected chi connectivity index (χ4v) is 3.33. The lowest BCUT2D eigenvalue weighted by Crippen LogP contribution is -2.13. The van der Waals surface area contributed by atoms with Crippen LogP contribution in [0.2, 0.25) is 0 Å². The van der Waals surface area contributed by atoms with E-state index in [1.807, 2.05) is 24.4 Å². The molecule has 0 saturated carbocycles. The van der Waals surface area contributed by atoms with E-state index in [2.05, 4.69) is 10.3 Å². The summed E-state index contributed by atoms with van der Waals surface area (Å²) in [5.41, 5.74) is 0.681. The Hall–Kier alpha value is -2.12. The molecule has 0 fully saturated rings. The molecule has 0 radical (unpaired) electrons. The fourth-order valence-electron chi connectivity index (χ4n) is 1.88. The van der Waals surface area contributed by atoms with Gasteiger partial charge in [-0.25, -0.2) is 9.37 Å². The minimum absolute atomic E-state index is 0.121. The second-order valence-electron chi connectivity index (χ2n) is 4.72. The monoisotopic (exact) mass is 348 g/mol. The van der Waals surface area contributed by atoms with Crippen molar-refractivity contribution in [3.63, 3.8) is 0 Å². The van der Waals surface area contributed by atoms with Gasteiger partial charge in [0.05, 0.1) is 5.75 Å². The lowest BCUT2D eigenvalue weighted by Gasteiger charge is -2.03. The molecule has 4 nitrogen and oxygen atoms in total. The summed E-state index contributed by atoms with van der Waals surface area (Å²) in [6.07, 6.45) is 0. The van der Waals surface area contributed by atoms with Crippen LogP contribution in [0.5, 0.6) is 0 Å². The standard InChI is InChI=1S/C16H13FN2O2S2/c1-10-6-7-13(21-10)12-8-23-16(18-12)19-15(20)9-22-14-5-3-2-4-11(14)17/h2-8H,9H2,1H3,(H,18,19,20). The van der Waals surface area contributed by atoms with Gasteiger partial charge in [-0.2, -0.15) is 0 Å². The number of rotatable bonds is 5. The van der Waals surface area contributed by atoms with Gasteiger partial charge in [-0.15, -0.1) is 23.1 Å². The third-order valence-corrected chi connectivity index (χ3v) is 4.75. The number of aryl methyl sites for hydroxylation is 1. The molecule has 1 amide bonds. The van der Waals surface area contributed by atoms with Gasteiger partial charge < -0.3 is 9.73 Å². The summed E-state index contributed by atoms with van der Waals surface area (Å²) < 4.78 is 19.0. The molecule has 0 spiro atoms. The zero-order valence-electron chi connectivity index (χ0n) is 12.2. The summed E-state index contributed by atoms with van der Waals surface area (Å²) in [4.78, 5) is 16.7. The minimum atomic E-state index is -0.324. The Balaban J connectivity index is 1.58. The SMILES string of the molecule is Cc1ccc(-c2csc(NC(=O)CSc3ccccc3F)n2)o1. The molecule has 3 rings (SSSR count). The number of nitrogens with one attached hydrogen (secondary N) is 1. The van der Waals surface area contributed by atoms with E-state index in [1.54, 1.807) is 18.2 Å². The minimum Gasteiger partial charge on any atom is -0.460 e. The van der Waals surface area contributed by atoms with E-state index in [4.69, 9.17) is 4.42 Å². The molecular formula is C16H13FN2O2S2. The fraction of sp³-hybridized carbons (Fsp3) is 0.125. The van der Waals surface area contributed by atoms with Crippen LogP contribution in [0.4, 0.5) is 9.52 Å². The van der Waals surface area contributed by atoms with Crippen LogP contribution >= 0.6 is 23.1 Å². The van der Waals surface area contributed by atoms with Gasteiger partial charge in [-0.05, 0) is 31.2 Å². The number of thiazole rings is 1. The van der Waals surface area contributed by atoms with Crippen molar-refractivity contribution < 1.29 is 13.6 Å². The number of amides is 1. The second-order valence-corrected chi connectivity index (χ2v) is 6.59. The van der Waals surface area contributed by atoms with Crippen LogP contribution in [0.15, 0.2) is 51.1 Å². The largest absolute Gasteiger partial charge is 0.460 e. The van der Waals surface area contributed by atoms with Crippen LogP contribution in [0.3, 0.4) is 0 Å². The summed E-state index contributed by atoms with van der Waals surface area (Å²) in [6, 6.07) is 10.1. The van der Waals surface area contributed by atoms with Crippen LogP contribution in [-0.2, 0) is 4.79 Å². The van der Waals surface area contributed by atoms with Crippen LogP contribution in [0.1, 0.15) is 5.76 Å². The Labute approximate surface area is 140 Å². The molecule has 0 atom stereocenters. The molecule has 3 aromatic rings. The van der Waals surface area contributed by atoms with Crippen molar-refractivity contribution in [3.05, 3.63) is 53.4 Å². The first-order chi connectivity index (χ1) is 11.1. The van der Waals surface area contributed by atoms with E-state index in [1.165, 1.54) is 17.4 Å². The molecule has 0 aliphatic rings. The van der Waals surface area contributed by atoms with E-state index in [9.17, 15) is 9.18 Å². The number of aromatic nitrogens is 1. The van der Waals surface area contributed by atoms with Crippen molar-refractivity contribution in [3.8, 4) is 11.5 Å². The average molecular weight is 348 g/mol. The Bertz CT molecular complexity index is 829. The quantitative estimate of drug-likeness (QED) is 0.686. The number of carbonyl (C=O) groups is 1. The first-order valence-corrected chi connectivity index (χ1v) is 8.68. The maximum atomic E-state index is 13.5. The number of anilines is 1. The maximum absolute atomic E-state index is 13.5. The zero-order valence-corrected chi connectivity index (χ0v) is 13.8. The molecule has 2 heterocycles. The Morgan fingerprint density at radius 3 is 2.91 bits per heavy atom. The van der Waals surface area contributed by atoms with Gasteiger partial charge in [0.25, 0.3) is 0 Å². The van der Waals surface area contributed by atoms with Crippen molar-refractivity contribution in [2.45, 2.75) is 11.8 Å². The number of halogens is 1. The first kappa shape index (κ1) is 15.8. The summed E-state index contributed by atoms with van der Waals surface area (Å²) >= 11 is 2.47. The van der Waals surface area contributed by atoms with Crippen LogP contribution in [0.25, 0.3) is 11.5 Å². The van der Waals surface area contributed by atoms with Gasteiger partial charge in [-0.3, -0.25) is 4.79 Å². The third kappa shape index (κ3) is 4.00. The highest BCUT2D eigenvalue weighted by atomic mass is 32.2. The Morgan fingerprint density at radius 1 is 1.35 bits per heavy atom. The molecule has 0 aliphatic carbocycles. The molecule has 1 N–H and O–H groups in total. The van der Waals surface area contributed by atoms with E-state index in [0.29, 0.717) is 21.5 Å². The highest BCUT2D eigenvalue weighted by molar-refractivity contribution is 8.00. The number of hydrogen-bond acceptors (Lipinski definition) is 5. The molecule has 23 heavy (non-hydrogen) atoms. The van der Waals surface area contributed by atoms with Gasteiger partial charge >= 0.3 is 0 Å². The number of hydrogen-bond donors (Lipinski definition) is 1. The Kier molecular flexibility index (Phi) is 4.78. The molecule has 0 bridgehead atoms. The second kappa shape index (κ2) is 6.97. The summed E-state index contributed by atoms with van der Waals surface area (Å²) in [5.74, 6) is 1.04. The lowest BCUT2D eigenvalue weighted by atomic mass is 10.3. The molecule has 1 aromatic carbocycles. The predicted octanol–water partition coefficient (Wildman–Crippen LogP) is 4.58. The van der Waals surface area contributed by atoms with Gasteiger partial charge in [0, 0.05) is 10.3 Å². The zero-order chi connectivity index (χ0) is 16.2. The third-order valence-electron chi connectivity index (χ3n) is 2.94. The number of nitrogens with zero attached hydrogens (tertiary/aromatic N) is 1. The molecule has 118 valence electrons. The van der Waals surface area contributed by atoms with E-state index in [-0.39, 0.29) is 17.5 Å². The summed E-state index contributed by atoms with van der Waals surface area (Å²) in [5, 5.41) is 5.02. The summed E-state index contributed by atoms with van der Waals surface area (Å²) in [7, 11) is 0. The number of thioether (sulfide) groups is 1. The topological polar surface area (TPSA) is 55.1 Å². The first-order valence-electron chi connectivity index (χ1n) is 6.81. The van der Waals surface area contributed by atoms with E-state index >= 15 is 0 Å². The molecule has 0 unspecified atom stereocenters. The highest BCUT2D eigenvalue weighted by Crippen LogP contribution is 2.27. The number of benzene rings is 1. The molecule has 2 aromatic heterocycles. The molecular weight excluding hydrogens is 335 g/mol.